The molecule has 0 amide bonds. The molecule has 1 rings (SSSR count). The van der Waals surface area contributed by atoms with Gasteiger partial charge in [-0.05, 0) is 6.07 Å². The summed E-state index contributed by atoms with van der Waals surface area (Å²) < 4.78 is 4.29. The van der Waals surface area contributed by atoms with Gasteiger partial charge in [0, 0.05) is 6.07 Å². The van der Waals surface area contributed by atoms with Crippen LogP contribution in [-0.4, -0.2) is 16.3 Å². The van der Waals surface area contributed by atoms with Crippen LogP contribution in [0.3, 0.4) is 0 Å². The number of nitro groups is 2. The van der Waals surface area contributed by atoms with Gasteiger partial charge in [-0.3, -0.25) is 25.0 Å². The van der Waals surface area contributed by atoms with E-state index in [2.05, 4.69) is 4.74 Å². The van der Waals surface area contributed by atoms with Gasteiger partial charge in [-0.1, -0.05) is 0 Å². The molecule has 1 aromatic carbocycles. The Morgan fingerprint density at radius 1 is 1.20 bits per heavy atom. The highest BCUT2D eigenvalue weighted by Crippen LogP contribution is 2.30. The number of hydrogen-bond acceptors (Lipinski definition) is 6. The zero-order chi connectivity index (χ0) is 11.4. The van der Waals surface area contributed by atoms with Crippen molar-refractivity contribution in [2.24, 2.45) is 0 Å². The number of carbonyl (C=O) groups excluding carboxylic acids is 1. The van der Waals surface area contributed by atoms with Gasteiger partial charge in [0.15, 0.2) is 0 Å². The number of carbonyl (C=O) groups is 1. The molecule has 0 radical (unpaired) electrons. The second kappa shape index (κ2) is 4.13. The van der Waals surface area contributed by atoms with E-state index >= 15 is 0 Å². The third-order valence-electron chi connectivity index (χ3n) is 1.53. The van der Waals surface area contributed by atoms with Crippen molar-refractivity contribution in [2.45, 2.75) is 0 Å². The normalized spacial score (nSPS) is 9.33. The van der Waals surface area contributed by atoms with Gasteiger partial charge in [-0.25, -0.2) is 0 Å². The Kier molecular flexibility index (Phi) is 2.91. The molecule has 0 spiro atoms. The average Bonchev–Trinajstić information content (AvgIpc) is 2.18. The number of rotatable bonds is 4. The van der Waals surface area contributed by atoms with Crippen molar-refractivity contribution in [3.63, 3.8) is 0 Å². The average molecular weight is 212 g/mol. The lowest BCUT2D eigenvalue weighted by Crippen LogP contribution is -1.97. The summed E-state index contributed by atoms with van der Waals surface area (Å²) in [6.45, 7) is 0.00810. The Morgan fingerprint density at radius 3 is 2.33 bits per heavy atom. The maximum Gasteiger partial charge on any atom is 0.318 e. The van der Waals surface area contributed by atoms with E-state index < -0.39 is 21.2 Å². The molecule has 0 aromatic heterocycles. The second-order valence-electron chi connectivity index (χ2n) is 2.38. The minimum atomic E-state index is -0.869. The Labute approximate surface area is 82.4 Å². The van der Waals surface area contributed by atoms with E-state index in [1.807, 2.05) is 0 Å². The van der Waals surface area contributed by atoms with Crippen molar-refractivity contribution >= 4 is 17.8 Å². The lowest BCUT2D eigenvalue weighted by Gasteiger charge is -1.98. The summed E-state index contributed by atoms with van der Waals surface area (Å²) in [5.41, 5.74) is -1.07. The van der Waals surface area contributed by atoms with Crippen LogP contribution in [0, 0.1) is 20.2 Å². The van der Waals surface area contributed by atoms with Crippen LogP contribution in [0.4, 0.5) is 11.4 Å². The second-order valence-corrected chi connectivity index (χ2v) is 2.38. The molecule has 0 fully saturated rings. The molecule has 0 aliphatic rings. The van der Waals surface area contributed by atoms with E-state index in [0.29, 0.717) is 0 Å². The fraction of sp³-hybridized carbons (Fsp3) is 0. The standard InChI is InChI=1S/C7H4N2O6/c10-4-15-7-2-1-5(8(11)12)3-6(7)9(13)14/h1-4H. The zero-order valence-corrected chi connectivity index (χ0v) is 7.15. The molecule has 8 heteroatoms. The van der Waals surface area contributed by atoms with Gasteiger partial charge in [0.2, 0.25) is 5.75 Å². The minimum Gasteiger partial charge on any atom is -0.421 e. The van der Waals surface area contributed by atoms with Gasteiger partial charge in [0.05, 0.1) is 15.9 Å². The number of hydrogen-bond donors (Lipinski definition) is 0. The number of nitro benzene ring substituents is 2. The van der Waals surface area contributed by atoms with E-state index in [-0.39, 0.29) is 12.2 Å². The Morgan fingerprint density at radius 2 is 1.87 bits per heavy atom. The van der Waals surface area contributed by atoms with Gasteiger partial charge in [0.1, 0.15) is 0 Å². The van der Waals surface area contributed by atoms with Crippen LogP contribution in [0.2, 0.25) is 0 Å². The van der Waals surface area contributed by atoms with Gasteiger partial charge >= 0.3 is 5.69 Å². The number of benzene rings is 1. The molecule has 0 saturated carbocycles. The van der Waals surface area contributed by atoms with Crippen LogP contribution in [0.25, 0.3) is 0 Å². The molecule has 1 aromatic rings. The molecule has 15 heavy (non-hydrogen) atoms. The third-order valence-corrected chi connectivity index (χ3v) is 1.53. The van der Waals surface area contributed by atoms with Crippen LogP contribution in [-0.2, 0) is 4.79 Å². The zero-order valence-electron chi connectivity index (χ0n) is 7.15. The molecular weight excluding hydrogens is 208 g/mol. The van der Waals surface area contributed by atoms with Gasteiger partial charge in [0.25, 0.3) is 12.2 Å². The Bertz CT molecular complexity index is 429. The molecule has 0 atom stereocenters. The topological polar surface area (TPSA) is 113 Å². The predicted molar refractivity (Wildman–Crippen MR) is 46.4 cm³/mol. The molecule has 0 aliphatic carbocycles. The molecule has 0 unspecified atom stereocenters. The highest BCUT2D eigenvalue weighted by molar-refractivity contribution is 5.58. The lowest BCUT2D eigenvalue weighted by molar-refractivity contribution is -0.394. The molecule has 0 N–H and O–H groups in total. The van der Waals surface area contributed by atoms with Crippen molar-refractivity contribution in [1.29, 1.82) is 0 Å². The predicted octanol–water partition coefficient (Wildman–Crippen LogP) is 1.04. The van der Waals surface area contributed by atoms with Crippen LogP contribution in [0.15, 0.2) is 18.2 Å². The first-order valence-electron chi connectivity index (χ1n) is 3.59. The smallest absolute Gasteiger partial charge is 0.318 e. The van der Waals surface area contributed by atoms with Gasteiger partial charge in [-0.2, -0.15) is 0 Å². The van der Waals surface area contributed by atoms with E-state index in [1.54, 1.807) is 0 Å². The number of ether oxygens (including phenoxy) is 1. The van der Waals surface area contributed by atoms with Crippen LogP contribution in [0.1, 0.15) is 0 Å². The molecule has 8 nitrogen and oxygen atoms in total. The van der Waals surface area contributed by atoms with E-state index in [9.17, 15) is 25.0 Å². The van der Waals surface area contributed by atoms with Crippen molar-refractivity contribution in [3.05, 3.63) is 38.4 Å². The highest BCUT2D eigenvalue weighted by atomic mass is 16.6. The summed E-state index contributed by atoms with van der Waals surface area (Å²) in [5.74, 6) is -0.333. The van der Waals surface area contributed by atoms with Crippen LogP contribution >= 0.6 is 0 Å². The molecule has 0 saturated heterocycles. The highest BCUT2D eigenvalue weighted by Gasteiger charge is 2.20. The summed E-state index contributed by atoms with van der Waals surface area (Å²) >= 11 is 0. The van der Waals surface area contributed by atoms with Crippen LogP contribution in [0.5, 0.6) is 5.75 Å². The summed E-state index contributed by atoms with van der Waals surface area (Å²) in [5, 5.41) is 20.8. The molecular formula is C7H4N2O6. The third kappa shape index (κ3) is 2.24. The molecule has 78 valence electrons. The van der Waals surface area contributed by atoms with Crippen molar-refractivity contribution in [3.8, 4) is 5.75 Å². The van der Waals surface area contributed by atoms with Crippen molar-refractivity contribution < 1.29 is 19.4 Å². The largest absolute Gasteiger partial charge is 0.421 e. The van der Waals surface area contributed by atoms with Gasteiger partial charge in [-0.15, -0.1) is 0 Å². The number of non-ortho nitro benzene ring substituents is 1. The van der Waals surface area contributed by atoms with E-state index in [1.165, 1.54) is 0 Å². The molecule has 0 bridgehead atoms. The van der Waals surface area contributed by atoms with Crippen molar-refractivity contribution in [2.75, 3.05) is 0 Å². The fourth-order valence-electron chi connectivity index (χ4n) is 0.913. The van der Waals surface area contributed by atoms with Crippen molar-refractivity contribution in [1.82, 2.24) is 0 Å². The Hall–Kier alpha value is -2.51. The summed E-state index contributed by atoms with van der Waals surface area (Å²) in [6.07, 6.45) is 0. The summed E-state index contributed by atoms with van der Waals surface area (Å²) in [6, 6.07) is 2.72. The maximum absolute atomic E-state index is 10.5. The maximum atomic E-state index is 10.5. The summed E-state index contributed by atoms with van der Waals surface area (Å²) in [4.78, 5) is 29.1. The van der Waals surface area contributed by atoms with Gasteiger partial charge < -0.3 is 4.74 Å². The monoisotopic (exact) mass is 212 g/mol. The molecule has 0 aliphatic heterocycles. The minimum absolute atomic E-state index is 0.00810. The Balaban J connectivity index is 3.26. The first kappa shape index (κ1) is 10.6. The fourth-order valence-corrected chi connectivity index (χ4v) is 0.913. The first-order chi connectivity index (χ1) is 7.06. The van der Waals surface area contributed by atoms with Crippen LogP contribution < -0.4 is 4.74 Å². The number of nitrogens with zero attached hydrogens (tertiary/aromatic N) is 2. The molecule has 0 heterocycles. The lowest BCUT2D eigenvalue weighted by atomic mass is 10.2. The SMILES string of the molecule is O=COc1ccc([N+](=O)[O-])cc1[N+](=O)[O-]. The van der Waals surface area contributed by atoms with E-state index in [4.69, 9.17) is 0 Å². The summed E-state index contributed by atoms with van der Waals surface area (Å²) in [7, 11) is 0. The first-order valence-corrected chi connectivity index (χ1v) is 3.59. The quantitative estimate of drug-likeness (QED) is 0.418. The van der Waals surface area contributed by atoms with E-state index in [0.717, 1.165) is 18.2 Å².